The maximum atomic E-state index is 11.4. The third-order valence-electron chi connectivity index (χ3n) is 1.35. The Labute approximate surface area is 73.9 Å². The van der Waals surface area contributed by atoms with Crippen molar-refractivity contribution in [1.29, 1.82) is 1.43 Å². The molecule has 0 saturated heterocycles. The van der Waals surface area contributed by atoms with Gasteiger partial charge >= 0.3 is 0 Å². The summed E-state index contributed by atoms with van der Waals surface area (Å²) in [6.45, 7) is 5.80. The van der Waals surface area contributed by atoms with Crippen LogP contribution in [0, 0.1) is 5.41 Å². The Balaban J connectivity index is 3.88. The van der Waals surface area contributed by atoms with Gasteiger partial charge in [0.25, 0.3) is 0 Å². The number of aliphatic hydroxyl groups is 1. The van der Waals surface area contributed by atoms with Gasteiger partial charge in [-0.3, -0.25) is 4.79 Å². The van der Waals surface area contributed by atoms with Gasteiger partial charge in [-0.15, -0.1) is 0 Å². The summed E-state index contributed by atoms with van der Waals surface area (Å²) in [6, 6.07) is 0. The van der Waals surface area contributed by atoms with Gasteiger partial charge in [0.15, 0.2) is 5.12 Å². The van der Waals surface area contributed by atoms with Crippen molar-refractivity contribution in [2.45, 2.75) is 27.2 Å². The highest BCUT2D eigenvalue weighted by Gasteiger charge is 2.26. The largest absolute Gasteiger partial charge is 0.395 e. The lowest BCUT2D eigenvalue weighted by Gasteiger charge is -2.18. The molecular formula is C8H16O2S. The highest BCUT2D eigenvalue weighted by molar-refractivity contribution is 8.13. The lowest BCUT2D eigenvalue weighted by atomic mass is 9.97. The van der Waals surface area contributed by atoms with Crippen molar-refractivity contribution in [3.05, 3.63) is 0 Å². The zero-order valence-electron chi connectivity index (χ0n) is 8.35. The van der Waals surface area contributed by atoms with Crippen LogP contribution in [0.4, 0.5) is 0 Å². The van der Waals surface area contributed by atoms with Crippen LogP contribution in [0.3, 0.4) is 0 Å². The van der Waals surface area contributed by atoms with Gasteiger partial charge in [-0.25, -0.2) is 0 Å². The summed E-state index contributed by atoms with van der Waals surface area (Å²) >= 11 is 1.32. The van der Waals surface area contributed by atoms with Gasteiger partial charge in [0.2, 0.25) is 1.43 Å². The van der Waals surface area contributed by atoms with Crippen molar-refractivity contribution >= 4 is 16.9 Å². The second-order valence-corrected chi connectivity index (χ2v) is 4.23. The highest BCUT2D eigenvalue weighted by Crippen LogP contribution is 2.23. The minimum atomic E-state index is -0.526. The van der Waals surface area contributed by atoms with Gasteiger partial charge in [-0.1, -0.05) is 18.7 Å². The molecule has 0 aromatic rings. The van der Waals surface area contributed by atoms with Gasteiger partial charge in [0, 0.05) is 5.75 Å². The fourth-order valence-corrected chi connectivity index (χ4v) is 1.29. The van der Waals surface area contributed by atoms with E-state index in [1.165, 1.54) is 11.8 Å². The Kier molecular flexibility index (Phi) is 3.94. The average Bonchev–Trinajstić information content (AvgIpc) is 2.00. The summed E-state index contributed by atoms with van der Waals surface area (Å²) < 4.78 is 6.57. The van der Waals surface area contributed by atoms with Crippen LogP contribution < -0.4 is 0 Å². The molecule has 0 radical (unpaired) electrons. The summed E-state index contributed by atoms with van der Waals surface area (Å²) in [6.07, 6.45) is 0.994. The van der Waals surface area contributed by atoms with Crippen molar-refractivity contribution < 1.29 is 9.90 Å². The molecule has 0 aromatic heterocycles. The van der Waals surface area contributed by atoms with Crippen LogP contribution in [0.25, 0.3) is 0 Å². The molecule has 0 aliphatic carbocycles. The minimum Gasteiger partial charge on any atom is -0.395 e. The SMILES string of the molecule is [3H]OCC(C)(C)C(=O)SCCC. The third kappa shape index (κ3) is 3.77. The molecule has 0 unspecified atom stereocenters. The fourth-order valence-electron chi connectivity index (χ4n) is 0.449. The summed E-state index contributed by atoms with van der Waals surface area (Å²) in [5, 5.41) is 4.33. The zero-order chi connectivity index (χ0) is 9.61. The Hall–Kier alpha value is -0.0200. The van der Waals surface area contributed by atoms with Crippen LogP contribution in [0.2, 0.25) is 0 Å². The van der Waals surface area contributed by atoms with Gasteiger partial charge in [-0.2, -0.15) is 0 Å². The smallest absolute Gasteiger partial charge is 0.210 e. The van der Waals surface area contributed by atoms with Crippen LogP contribution in [0.15, 0.2) is 0 Å². The van der Waals surface area contributed by atoms with Crippen LogP contribution in [0.1, 0.15) is 27.2 Å². The maximum absolute atomic E-state index is 11.4. The number of thioether (sulfide) groups is 1. The summed E-state index contributed by atoms with van der Waals surface area (Å²) in [7, 11) is 0. The number of aliphatic hydroxyl groups excluding tert-OH is 1. The molecule has 0 heterocycles. The monoisotopic (exact) mass is 178 g/mol. The molecule has 0 bridgehead atoms. The lowest BCUT2D eigenvalue weighted by Crippen LogP contribution is -2.25. The predicted molar refractivity (Wildman–Crippen MR) is 48.6 cm³/mol. The Bertz CT molecular complexity index is 148. The van der Waals surface area contributed by atoms with Crippen molar-refractivity contribution in [3.63, 3.8) is 0 Å². The first-order valence-corrected chi connectivity index (χ1v) is 4.78. The van der Waals surface area contributed by atoms with Crippen LogP contribution in [-0.2, 0) is 4.79 Å². The zero-order valence-corrected chi connectivity index (χ0v) is 8.16. The van der Waals surface area contributed by atoms with Crippen LogP contribution in [-0.4, -0.2) is 24.0 Å². The maximum Gasteiger partial charge on any atom is 0.210 e. The summed E-state index contributed by atoms with van der Waals surface area (Å²) in [5.41, 5.74) is -0.526. The van der Waals surface area contributed by atoms with Crippen molar-refractivity contribution in [3.8, 4) is 0 Å². The Morgan fingerprint density at radius 3 is 2.82 bits per heavy atom. The van der Waals surface area contributed by atoms with E-state index in [9.17, 15) is 4.79 Å². The van der Waals surface area contributed by atoms with Crippen molar-refractivity contribution in [1.82, 2.24) is 0 Å². The molecule has 0 spiro atoms. The Morgan fingerprint density at radius 2 is 2.36 bits per heavy atom. The van der Waals surface area contributed by atoms with Gasteiger partial charge < -0.3 is 5.11 Å². The fraction of sp³-hybridized carbons (Fsp3) is 0.875. The van der Waals surface area contributed by atoms with E-state index >= 15 is 0 Å². The highest BCUT2D eigenvalue weighted by atomic mass is 32.2. The van der Waals surface area contributed by atoms with E-state index < -0.39 is 5.41 Å². The minimum absolute atomic E-state index is 0.108. The second-order valence-electron chi connectivity index (χ2n) is 3.16. The normalized spacial score (nSPS) is 12.8. The molecule has 0 rings (SSSR count). The lowest BCUT2D eigenvalue weighted by molar-refractivity contribution is -0.119. The Morgan fingerprint density at radius 1 is 1.73 bits per heavy atom. The number of hydrogen-bond donors (Lipinski definition) is 1. The molecule has 0 fully saturated rings. The molecule has 0 aromatic carbocycles. The van der Waals surface area contributed by atoms with Crippen LogP contribution in [0.5, 0.6) is 0 Å². The molecule has 0 atom stereocenters. The summed E-state index contributed by atoms with van der Waals surface area (Å²) in [4.78, 5) is 11.4. The molecule has 3 heteroatoms. The third-order valence-corrected chi connectivity index (χ3v) is 2.78. The first kappa shape index (κ1) is 9.07. The number of carbonyl (C=O) groups excluding carboxylic acids is 1. The standard InChI is InChI=1S/C8H16O2S/c1-4-5-11-7(10)8(2,3)6-9/h9H,4-6H2,1-3H3/i9T. The average molecular weight is 178 g/mol. The molecule has 0 amide bonds. The van der Waals surface area contributed by atoms with E-state index in [1.807, 2.05) is 6.92 Å². The van der Waals surface area contributed by atoms with E-state index in [1.54, 1.807) is 13.8 Å². The van der Waals surface area contributed by atoms with E-state index in [0.29, 0.717) is 0 Å². The molecule has 1 N–H and O–H groups in total. The van der Waals surface area contributed by atoms with Crippen molar-refractivity contribution in [2.75, 3.05) is 12.4 Å². The van der Waals surface area contributed by atoms with Gasteiger partial charge in [0.1, 0.15) is 0 Å². The molecule has 0 saturated carbocycles. The molecule has 0 aliphatic rings. The molecular weight excluding hydrogens is 160 g/mol. The van der Waals surface area contributed by atoms with E-state index in [0.717, 1.165) is 12.2 Å². The van der Waals surface area contributed by atoms with Gasteiger partial charge in [-0.05, 0) is 20.3 Å². The first-order chi connectivity index (χ1) is 5.54. The topological polar surface area (TPSA) is 37.3 Å². The molecule has 2 nitrogen and oxygen atoms in total. The number of carbonyl (C=O) groups is 1. The van der Waals surface area contributed by atoms with Gasteiger partial charge in [0.05, 0.1) is 12.0 Å². The van der Waals surface area contributed by atoms with E-state index in [4.69, 9.17) is 1.43 Å². The first-order valence-electron chi connectivity index (χ1n) is 4.20. The summed E-state index contributed by atoms with van der Waals surface area (Å²) in [5.74, 6) is 0.847. The van der Waals surface area contributed by atoms with E-state index in [2.05, 4.69) is 5.11 Å². The predicted octanol–water partition coefficient (Wildman–Crippen LogP) is 1.67. The van der Waals surface area contributed by atoms with E-state index in [-0.39, 0.29) is 11.7 Å². The molecule has 0 aliphatic heterocycles. The second kappa shape index (κ2) is 4.78. The quantitative estimate of drug-likeness (QED) is 0.696. The van der Waals surface area contributed by atoms with Crippen LogP contribution >= 0.6 is 11.8 Å². The molecule has 66 valence electrons. The number of rotatable bonds is 5. The number of hydrogen-bond acceptors (Lipinski definition) is 3. The van der Waals surface area contributed by atoms with Crippen molar-refractivity contribution in [2.24, 2.45) is 5.41 Å². The molecule has 11 heavy (non-hydrogen) atoms.